The molecule has 1 saturated heterocycles. The first-order chi connectivity index (χ1) is 12.8. The molecule has 0 aliphatic carbocycles. The molecular weight excluding hydrogens is 340 g/mol. The van der Waals surface area contributed by atoms with E-state index in [-0.39, 0.29) is 17.7 Å². The van der Waals surface area contributed by atoms with Gasteiger partial charge in [0, 0.05) is 38.0 Å². The van der Waals surface area contributed by atoms with Crippen molar-refractivity contribution in [1.29, 1.82) is 0 Å². The summed E-state index contributed by atoms with van der Waals surface area (Å²) < 4.78 is 0. The second kappa shape index (κ2) is 8.11. The third-order valence-corrected chi connectivity index (χ3v) is 5.12. The van der Waals surface area contributed by atoms with Crippen molar-refractivity contribution in [1.82, 2.24) is 19.8 Å². The monoisotopic (exact) mass is 370 g/mol. The van der Waals surface area contributed by atoms with Crippen LogP contribution in [0.15, 0.2) is 18.2 Å². The third kappa shape index (κ3) is 4.49. The Bertz CT molecular complexity index is 825. The highest BCUT2D eigenvalue weighted by atomic mass is 16.2. The number of fused-ring (bicyclic) bond motifs is 1. The highest BCUT2D eigenvalue weighted by Crippen LogP contribution is 2.19. The molecule has 0 bridgehead atoms. The molecule has 2 aromatic rings. The van der Waals surface area contributed by atoms with Crippen LogP contribution in [0.2, 0.25) is 0 Å². The van der Waals surface area contributed by atoms with Crippen LogP contribution in [0.1, 0.15) is 51.4 Å². The fourth-order valence-corrected chi connectivity index (χ4v) is 3.50. The summed E-state index contributed by atoms with van der Waals surface area (Å²) in [5.41, 5.74) is 2.91. The van der Waals surface area contributed by atoms with Crippen LogP contribution in [0.3, 0.4) is 0 Å². The normalized spacial score (nSPS) is 15.6. The molecule has 1 fully saturated rings. The molecule has 0 radical (unpaired) electrons. The Balaban J connectivity index is 1.64. The van der Waals surface area contributed by atoms with Crippen molar-refractivity contribution >= 4 is 22.8 Å². The average Bonchev–Trinajstić information content (AvgIpc) is 2.89. The highest BCUT2D eigenvalue weighted by Gasteiger charge is 2.23. The van der Waals surface area contributed by atoms with E-state index in [9.17, 15) is 9.59 Å². The maximum absolute atomic E-state index is 12.8. The molecule has 6 nitrogen and oxygen atoms in total. The fourth-order valence-electron chi connectivity index (χ4n) is 3.50. The van der Waals surface area contributed by atoms with Gasteiger partial charge in [-0.15, -0.1) is 0 Å². The van der Waals surface area contributed by atoms with E-state index >= 15 is 0 Å². The fraction of sp³-hybridized carbons (Fsp3) is 0.571. The maximum Gasteiger partial charge on any atom is 0.227 e. The Labute approximate surface area is 160 Å². The van der Waals surface area contributed by atoms with Gasteiger partial charge >= 0.3 is 0 Å². The maximum atomic E-state index is 12.8. The number of nitrogens with one attached hydrogen (secondary N) is 1. The zero-order valence-electron chi connectivity index (χ0n) is 16.8. The molecule has 3 rings (SSSR count). The quantitative estimate of drug-likeness (QED) is 0.900. The van der Waals surface area contributed by atoms with Crippen molar-refractivity contribution in [2.75, 3.05) is 26.2 Å². The summed E-state index contributed by atoms with van der Waals surface area (Å²) in [6, 6.07) is 5.99. The summed E-state index contributed by atoms with van der Waals surface area (Å²) >= 11 is 0. The van der Waals surface area contributed by atoms with E-state index in [1.54, 1.807) is 0 Å². The number of H-pyrrole nitrogens is 1. The number of amides is 2. The minimum Gasteiger partial charge on any atom is -0.342 e. The topological polar surface area (TPSA) is 69.3 Å². The zero-order valence-corrected chi connectivity index (χ0v) is 16.8. The molecule has 1 aromatic carbocycles. The van der Waals surface area contributed by atoms with E-state index < -0.39 is 0 Å². The minimum atomic E-state index is 0.00381. The number of hydrogen-bond acceptors (Lipinski definition) is 3. The van der Waals surface area contributed by atoms with Crippen LogP contribution < -0.4 is 0 Å². The van der Waals surface area contributed by atoms with Gasteiger partial charge in [-0.1, -0.05) is 33.8 Å². The third-order valence-electron chi connectivity index (χ3n) is 5.12. The number of aromatic amines is 1. The van der Waals surface area contributed by atoms with Crippen LogP contribution >= 0.6 is 0 Å². The van der Waals surface area contributed by atoms with Crippen LogP contribution in [-0.2, 0) is 16.0 Å². The molecule has 1 aromatic heterocycles. The van der Waals surface area contributed by atoms with Crippen LogP contribution in [0.4, 0.5) is 0 Å². The molecule has 0 saturated carbocycles. The van der Waals surface area contributed by atoms with Gasteiger partial charge in [0.2, 0.25) is 11.8 Å². The Morgan fingerprint density at radius 1 is 1.07 bits per heavy atom. The van der Waals surface area contributed by atoms with Gasteiger partial charge in [-0.25, -0.2) is 4.98 Å². The number of aromatic nitrogens is 2. The lowest BCUT2D eigenvalue weighted by Crippen LogP contribution is -2.39. The van der Waals surface area contributed by atoms with Crippen molar-refractivity contribution in [3.8, 4) is 0 Å². The first-order valence-electron chi connectivity index (χ1n) is 9.90. The lowest BCUT2D eigenvalue weighted by molar-refractivity contribution is -0.135. The van der Waals surface area contributed by atoms with E-state index in [1.165, 1.54) is 0 Å². The smallest absolute Gasteiger partial charge is 0.227 e. The second-order valence-corrected chi connectivity index (χ2v) is 8.02. The Morgan fingerprint density at radius 3 is 2.48 bits per heavy atom. The number of imidazole rings is 1. The number of carbonyl (C=O) groups is 2. The predicted molar refractivity (Wildman–Crippen MR) is 107 cm³/mol. The number of rotatable bonds is 4. The van der Waals surface area contributed by atoms with Crippen LogP contribution in [0.25, 0.3) is 11.0 Å². The summed E-state index contributed by atoms with van der Waals surface area (Å²) in [6.07, 6.45) is 1.21. The van der Waals surface area contributed by atoms with Crippen molar-refractivity contribution in [3.63, 3.8) is 0 Å². The van der Waals surface area contributed by atoms with Gasteiger partial charge in [-0.3, -0.25) is 9.59 Å². The van der Waals surface area contributed by atoms with E-state index in [2.05, 4.69) is 23.8 Å². The molecular formula is C21H30N4O2. The van der Waals surface area contributed by atoms with Gasteiger partial charge in [-0.05, 0) is 24.1 Å². The molecule has 27 heavy (non-hydrogen) atoms. The zero-order chi connectivity index (χ0) is 19.6. The van der Waals surface area contributed by atoms with Gasteiger partial charge in [-0.2, -0.15) is 0 Å². The lowest BCUT2D eigenvalue weighted by atomic mass is 10.1. The van der Waals surface area contributed by atoms with Gasteiger partial charge in [0.05, 0.1) is 17.5 Å². The van der Waals surface area contributed by atoms with Crippen molar-refractivity contribution < 1.29 is 9.59 Å². The number of carbonyl (C=O) groups excluding carboxylic acids is 2. The van der Waals surface area contributed by atoms with E-state index in [0.29, 0.717) is 32.0 Å². The Kier molecular flexibility index (Phi) is 5.82. The molecule has 2 amide bonds. The van der Waals surface area contributed by atoms with Gasteiger partial charge in [0.15, 0.2) is 0 Å². The Hall–Kier alpha value is -2.37. The number of nitrogens with zero attached hydrogens (tertiary/aromatic N) is 3. The largest absolute Gasteiger partial charge is 0.342 e. The van der Waals surface area contributed by atoms with Gasteiger partial charge < -0.3 is 14.8 Å². The van der Waals surface area contributed by atoms with Crippen molar-refractivity contribution in [2.45, 2.75) is 46.5 Å². The summed E-state index contributed by atoms with van der Waals surface area (Å²) in [4.78, 5) is 36.7. The standard InChI is InChI=1S/C21H30N4O2/c1-14(2)20-22-17-7-6-16(12-18(17)23-20)13-19(26)24-8-5-9-25(11-10-24)21(27)15(3)4/h6-7,12,14-15H,5,8-11,13H2,1-4H3,(H,22,23). The first kappa shape index (κ1) is 19.4. The summed E-state index contributed by atoms with van der Waals surface area (Å²) in [7, 11) is 0. The highest BCUT2D eigenvalue weighted by molar-refractivity contribution is 5.82. The summed E-state index contributed by atoms with van der Waals surface area (Å²) in [5, 5.41) is 0. The van der Waals surface area contributed by atoms with Crippen LogP contribution in [0, 0.1) is 5.92 Å². The molecule has 0 atom stereocenters. The van der Waals surface area contributed by atoms with Crippen LogP contribution in [0.5, 0.6) is 0 Å². The molecule has 2 heterocycles. The van der Waals surface area contributed by atoms with Crippen LogP contribution in [-0.4, -0.2) is 57.8 Å². The minimum absolute atomic E-state index is 0.00381. The molecule has 146 valence electrons. The van der Waals surface area contributed by atoms with Crippen molar-refractivity contribution in [2.24, 2.45) is 5.92 Å². The van der Waals surface area contributed by atoms with E-state index in [0.717, 1.165) is 35.4 Å². The molecule has 1 aliphatic rings. The Morgan fingerprint density at radius 2 is 1.78 bits per heavy atom. The SMILES string of the molecule is CC(C)C(=O)N1CCCN(C(=O)Cc2ccc3nc(C(C)C)[nH]c3c2)CC1. The van der Waals surface area contributed by atoms with Gasteiger partial charge in [0.1, 0.15) is 5.82 Å². The summed E-state index contributed by atoms with van der Waals surface area (Å²) in [5.74, 6) is 1.61. The molecule has 6 heteroatoms. The number of hydrogen-bond donors (Lipinski definition) is 1. The average molecular weight is 370 g/mol. The molecule has 0 unspecified atom stereocenters. The van der Waals surface area contributed by atoms with E-state index in [1.807, 2.05) is 41.8 Å². The number of benzene rings is 1. The van der Waals surface area contributed by atoms with Crippen molar-refractivity contribution in [3.05, 3.63) is 29.6 Å². The summed E-state index contributed by atoms with van der Waals surface area (Å²) in [6.45, 7) is 10.7. The molecule has 0 spiro atoms. The van der Waals surface area contributed by atoms with Gasteiger partial charge in [0.25, 0.3) is 0 Å². The molecule has 1 N–H and O–H groups in total. The molecule has 1 aliphatic heterocycles. The predicted octanol–water partition coefficient (Wildman–Crippen LogP) is 2.95. The van der Waals surface area contributed by atoms with E-state index in [4.69, 9.17) is 0 Å². The lowest BCUT2D eigenvalue weighted by Gasteiger charge is -2.23. The first-order valence-corrected chi connectivity index (χ1v) is 9.90. The second-order valence-electron chi connectivity index (χ2n) is 8.02.